The van der Waals surface area contributed by atoms with E-state index in [1.165, 1.54) is 12.7 Å². The van der Waals surface area contributed by atoms with Crippen molar-refractivity contribution >= 4 is 17.8 Å². The quantitative estimate of drug-likeness (QED) is 0.527. The lowest BCUT2D eigenvalue weighted by Gasteiger charge is -2.32. The lowest BCUT2D eigenvalue weighted by Crippen LogP contribution is -2.45. The van der Waals surface area contributed by atoms with Crippen LogP contribution in [-0.2, 0) is 16.0 Å². The van der Waals surface area contributed by atoms with Crippen molar-refractivity contribution in [3.63, 3.8) is 0 Å². The summed E-state index contributed by atoms with van der Waals surface area (Å²) in [5, 5.41) is 3.02. The van der Waals surface area contributed by atoms with Crippen LogP contribution in [0.4, 0.5) is 0 Å². The normalized spacial score (nSPS) is 16.1. The van der Waals surface area contributed by atoms with Crippen molar-refractivity contribution in [1.82, 2.24) is 15.2 Å². The number of hydrogen-bond donors (Lipinski definition) is 2. The number of amides is 2. The fraction of sp³-hybridized carbons (Fsp3) is 0.458. The number of H-pyrrole nitrogens is 1. The van der Waals surface area contributed by atoms with Crippen LogP contribution in [0.15, 0.2) is 30.3 Å². The summed E-state index contributed by atoms with van der Waals surface area (Å²) in [4.78, 5) is 42.5. The molecule has 0 unspecified atom stereocenters. The standard InChI is InChI=1S/C24H31N3O4/c1-16-20(24(30)31-3)17(2)26-21(16)23(29)27-14-8-12-19(15-27)22(28)25-13-7-11-18-9-5-4-6-10-18/h4-6,9-10,19,26H,7-8,11-15H2,1-3H3,(H,25,28)/t19-/m0/s1. The number of hydrogen-bond acceptors (Lipinski definition) is 4. The van der Waals surface area contributed by atoms with Gasteiger partial charge in [0.25, 0.3) is 5.91 Å². The SMILES string of the molecule is COC(=O)c1c(C)[nH]c(C(=O)N2CCC[C@H](C(=O)NCCCc3ccccc3)C2)c1C. The van der Waals surface area contributed by atoms with Gasteiger partial charge in [-0.15, -0.1) is 0 Å². The molecule has 1 atom stereocenters. The zero-order valence-electron chi connectivity index (χ0n) is 18.5. The lowest BCUT2D eigenvalue weighted by molar-refractivity contribution is -0.126. The Balaban J connectivity index is 1.55. The highest BCUT2D eigenvalue weighted by Crippen LogP contribution is 2.23. The van der Waals surface area contributed by atoms with Crippen LogP contribution in [0.1, 0.15) is 56.9 Å². The number of aryl methyl sites for hydroxylation is 2. The molecule has 2 heterocycles. The van der Waals surface area contributed by atoms with Gasteiger partial charge in [-0.2, -0.15) is 0 Å². The van der Waals surface area contributed by atoms with E-state index in [-0.39, 0.29) is 17.7 Å². The Kier molecular flexibility index (Phi) is 7.50. The highest BCUT2D eigenvalue weighted by molar-refractivity contribution is 6.00. The second-order valence-electron chi connectivity index (χ2n) is 8.09. The van der Waals surface area contributed by atoms with Crippen LogP contribution in [0.2, 0.25) is 0 Å². The van der Waals surface area contributed by atoms with E-state index >= 15 is 0 Å². The van der Waals surface area contributed by atoms with Gasteiger partial charge in [0.2, 0.25) is 5.91 Å². The Labute approximate surface area is 183 Å². The van der Waals surface area contributed by atoms with Crippen molar-refractivity contribution < 1.29 is 19.1 Å². The fourth-order valence-electron chi connectivity index (χ4n) is 4.20. The van der Waals surface area contributed by atoms with Crippen molar-refractivity contribution in [2.75, 3.05) is 26.7 Å². The van der Waals surface area contributed by atoms with Gasteiger partial charge in [0.15, 0.2) is 0 Å². The van der Waals surface area contributed by atoms with Crippen LogP contribution < -0.4 is 5.32 Å². The summed E-state index contributed by atoms with van der Waals surface area (Å²) in [5.74, 6) is -0.861. The Morgan fingerprint density at radius 3 is 2.65 bits per heavy atom. The first kappa shape index (κ1) is 22.6. The Hall–Kier alpha value is -3.09. The van der Waals surface area contributed by atoms with E-state index in [0.29, 0.717) is 42.1 Å². The summed E-state index contributed by atoms with van der Waals surface area (Å²) in [6, 6.07) is 10.2. The average molecular weight is 426 g/mol. The number of ether oxygens (including phenoxy) is 1. The molecule has 2 N–H and O–H groups in total. The van der Waals surface area contributed by atoms with Gasteiger partial charge in [0.1, 0.15) is 5.69 Å². The van der Waals surface area contributed by atoms with E-state index in [2.05, 4.69) is 22.4 Å². The molecule has 1 aromatic carbocycles. The Morgan fingerprint density at radius 1 is 1.19 bits per heavy atom. The van der Waals surface area contributed by atoms with Crippen molar-refractivity contribution in [3.05, 3.63) is 58.4 Å². The van der Waals surface area contributed by atoms with Crippen LogP contribution in [0.3, 0.4) is 0 Å². The van der Waals surface area contributed by atoms with Crippen LogP contribution in [0.25, 0.3) is 0 Å². The average Bonchev–Trinajstić information content (AvgIpc) is 3.10. The molecule has 0 saturated carbocycles. The zero-order valence-corrected chi connectivity index (χ0v) is 18.5. The first-order valence-corrected chi connectivity index (χ1v) is 10.8. The number of aromatic nitrogens is 1. The molecule has 1 aromatic heterocycles. The monoisotopic (exact) mass is 425 g/mol. The lowest BCUT2D eigenvalue weighted by atomic mass is 9.96. The van der Waals surface area contributed by atoms with Gasteiger partial charge < -0.3 is 19.9 Å². The largest absolute Gasteiger partial charge is 0.465 e. The maximum atomic E-state index is 13.1. The summed E-state index contributed by atoms with van der Waals surface area (Å²) >= 11 is 0. The summed E-state index contributed by atoms with van der Waals surface area (Å²) in [6.07, 6.45) is 3.34. The number of aromatic amines is 1. The summed E-state index contributed by atoms with van der Waals surface area (Å²) < 4.78 is 4.82. The minimum atomic E-state index is -0.461. The molecule has 3 rings (SSSR count). The summed E-state index contributed by atoms with van der Waals surface area (Å²) in [6.45, 7) is 5.09. The molecule has 0 radical (unpaired) electrons. The van der Waals surface area contributed by atoms with Crippen molar-refractivity contribution in [2.45, 2.75) is 39.5 Å². The molecule has 0 spiro atoms. The van der Waals surface area contributed by atoms with Crippen LogP contribution >= 0.6 is 0 Å². The molecule has 0 bridgehead atoms. The molecule has 1 aliphatic heterocycles. The van der Waals surface area contributed by atoms with E-state index < -0.39 is 5.97 Å². The topological polar surface area (TPSA) is 91.5 Å². The molecule has 2 amide bonds. The number of likely N-dealkylation sites (tertiary alicyclic amines) is 1. The van der Waals surface area contributed by atoms with Gasteiger partial charge in [-0.05, 0) is 50.7 Å². The van der Waals surface area contributed by atoms with E-state index in [0.717, 1.165) is 25.7 Å². The van der Waals surface area contributed by atoms with Gasteiger partial charge in [0.05, 0.1) is 18.6 Å². The number of carbonyl (C=O) groups excluding carboxylic acids is 3. The number of methoxy groups -OCH3 is 1. The third-order valence-corrected chi connectivity index (χ3v) is 5.90. The number of benzene rings is 1. The van der Waals surface area contributed by atoms with Crippen molar-refractivity contribution in [2.24, 2.45) is 5.92 Å². The first-order chi connectivity index (χ1) is 14.9. The molecule has 0 aliphatic carbocycles. The van der Waals surface area contributed by atoms with Gasteiger partial charge in [-0.1, -0.05) is 30.3 Å². The van der Waals surface area contributed by atoms with E-state index in [1.807, 2.05) is 18.2 Å². The van der Waals surface area contributed by atoms with Gasteiger partial charge in [-0.3, -0.25) is 9.59 Å². The molecule has 1 fully saturated rings. The van der Waals surface area contributed by atoms with E-state index in [4.69, 9.17) is 4.74 Å². The van der Waals surface area contributed by atoms with Crippen molar-refractivity contribution in [3.8, 4) is 0 Å². The Morgan fingerprint density at radius 2 is 1.94 bits per heavy atom. The van der Waals surface area contributed by atoms with Crippen LogP contribution in [0, 0.1) is 19.8 Å². The third-order valence-electron chi connectivity index (χ3n) is 5.90. The molecule has 7 nitrogen and oxygen atoms in total. The number of esters is 1. The highest BCUT2D eigenvalue weighted by Gasteiger charge is 2.31. The zero-order chi connectivity index (χ0) is 22.4. The number of rotatable bonds is 7. The minimum Gasteiger partial charge on any atom is -0.465 e. The second kappa shape index (κ2) is 10.3. The van der Waals surface area contributed by atoms with Gasteiger partial charge in [-0.25, -0.2) is 4.79 Å². The number of carbonyl (C=O) groups is 3. The van der Waals surface area contributed by atoms with Crippen LogP contribution in [0.5, 0.6) is 0 Å². The smallest absolute Gasteiger partial charge is 0.339 e. The maximum Gasteiger partial charge on any atom is 0.339 e. The van der Waals surface area contributed by atoms with Gasteiger partial charge in [0, 0.05) is 25.3 Å². The molecule has 31 heavy (non-hydrogen) atoms. The second-order valence-corrected chi connectivity index (χ2v) is 8.09. The number of nitrogens with zero attached hydrogens (tertiary/aromatic N) is 1. The molecule has 1 aliphatic rings. The summed E-state index contributed by atoms with van der Waals surface area (Å²) in [5.41, 5.74) is 3.24. The predicted octanol–water partition coefficient (Wildman–Crippen LogP) is 3.02. The fourth-order valence-corrected chi connectivity index (χ4v) is 4.20. The van der Waals surface area contributed by atoms with Crippen LogP contribution in [-0.4, -0.2) is 54.4 Å². The molecular formula is C24H31N3O4. The molecule has 2 aromatic rings. The number of nitrogens with one attached hydrogen (secondary N) is 2. The van der Waals surface area contributed by atoms with E-state index in [1.54, 1.807) is 18.7 Å². The summed E-state index contributed by atoms with van der Waals surface area (Å²) in [7, 11) is 1.32. The third kappa shape index (κ3) is 5.34. The number of piperidine rings is 1. The van der Waals surface area contributed by atoms with Gasteiger partial charge >= 0.3 is 5.97 Å². The molecule has 166 valence electrons. The predicted molar refractivity (Wildman–Crippen MR) is 118 cm³/mol. The Bertz CT molecular complexity index is 936. The maximum absolute atomic E-state index is 13.1. The highest BCUT2D eigenvalue weighted by atomic mass is 16.5. The first-order valence-electron chi connectivity index (χ1n) is 10.8. The minimum absolute atomic E-state index is 0.000185. The molecule has 7 heteroatoms. The molecule has 1 saturated heterocycles. The van der Waals surface area contributed by atoms with Crippen molar-refractivity contribution in [1.29, 1.82) is 0 Å². The van der Waals surface area contributed by atoms with E-state index in [9.17, 15) is 14.4 Å². The molecular weight excluding hydrogens is 394 g/mol.